The summed E-state index contributed by atoms with van der Waals surface area (Å²) in [4.78, 5) is 0. The Morgan fingerprint density at radius 1 is 1.09 bits per heavy atom. The van der Waals surface area contributed by atoms with Gasteiger partial charge in [0.15, 0.2) is 0 Å². The second-order valence-corrected chi connectivity index (χ2v) is 4.17. The second-order valence-electron chi connectivity index (χ2n) is 3.63. The Morgan fingerprint density at radius 3 is 1.82 bits per heavy atom. The summed E-state index contributed by atoms with van der Waals surface area (Å²) >= 11 is 2.11. The van der Waals surface area contributed by atoms with Crippen LogP contribution in [0.5, 0.6) is 0 Å². The van der Waals surface area contributed by atoms with Gasteiger partial charge in [-0.3, -0.25) is 0 Å². The van der Waals surface area contributed by atoms with Crippen LogP contribution in [0.25, 0.3) is 0 Å². The van der Waals surface area contributed by atoms with Crippen LogP contribution < -0.4 is 0 Å². The van der Waals surface area contributed by atoms with E-state index in [0.29, 0.717) is 0 Å². The average Bonchev–Trinajstić information content (AvgIpc) is 1.87. The molecule has 0 unspecified atom stereocenters. The lowest BCUT2D eigenvalue weighted by molar-refractivity contribution is 0.295. The highest BCUT2D eigenvalue weighted by atomic mass is 127. The monoisotopic (exact) mass is 264 g/mol. The van der Waals surface area contributed by atoms with Crippen LogP contribution in [0.15, 0.2) is 0 Å². The lowest BCUT2D eigenvalue weighted by Gasteiger charge is -2.22. The van der Waals surface area contributed by atoms with Crippen molar-refractivity contribution in [2.24, 2.45) is 17.8 Å². The van der Waals surface area contributed by atoms with Gasteiger partial charge in [0.1, 0.15) is 0 Å². The summed E-state index contributed by atoms with van der Waals surface area (Å²) in [6, 6.07) is 0. The van der Waals surface area contributed by atoms with E-state index in [-0.39, 0.29) is 0 Å². The first-order chi connectivity index (χ1) is 5.09. The number of hydrogen-bond acceptors (Lipinski definition) is 0. The molecule has 0 heterocycles. The summed E-state index contributed by atoms with van der Waals surface area (Å²) in [5.41, 5.74) is 0. The van der Waals surface area contributed by atoms with E-state index in [1.54, 1.807) is 0 Å². The lowest BCUT2D eigenvalue weighted by atomic mass is 9.83. The van der Waals surface area contributed by atoms with Gasteiger partial charge in [-0.1, -0.05) is 33.6 Å². The molecule has 0 aliphatic carbocycles. The fourth-order valence-corrected chi connectivity index (χ4v) is 1.62. The van der Waals surface area contributed by atoms with Crippen molar-refractivity contribution in [1.29, 1.82) is 0 Å². The third-order valence-corrected chi connectivity index (χ3v) is 2.50. The molecule has 0 aromatic heterocycles. The molecule has 0 N–H and O–H groups in total. The van der Waals surface area contributed by atoms with E-state index >= 15 is 0 Å². The van der Waals surface area contributed by atoms with E-state index in [0.717, 1.165) is 24.2 Å². The molecule has 0 nitrogen and oxygen atoms in total. The molecule has 0 amide bonds. The number of rotatable bonds is 3. The predicted molar refractivity (Wildman–Crippen MR) is 59.6 cm³/mol. The normalized spacial score (nSPS) is 10.5. The largest absolute Gasteiger partial charge is 0.0916 e. The Hall–Kier alpha value is 0.290. The maximum atomic E-state index is 3.15. The SMILES string of the molecule is CC(C)C(CC#CI)C(C)C. The zero-order valence-corrected chi connectivity index (χ0v) is 9.97. The van der Waals surface area contributed by atoms with Gasteiger partial charge in [0, 0.05) is 29.0 Å². The van der Waals surface area contributed by atoms with E-state index in [1.165, 1.54) is 0 Å². The molecule has 64 valence electrons. The van der Waals surface area contributed by atoms with Gasteiger partial charge in [-0.2, -0.15) is 0 Å². The highest BCUT2D eigenvalue weighted by Gasteiger charge is 2.15. The quantitative estimate of drug-likeness (QED) is 0.538. The molecule has 0 fully saturated rings. The fourth-order valence-electron chi connectivity index (χ4n) is 1.40. The molecule has 0 aliphatic heterocycles. The smallest absolute Gasteiger partial charge is 0.0181 e. The van der Waals surface area contributed by atoms with Crippen LogP contribution in [-0.2, 0) is 0 Å². The molecule has 11 heavy (non-hydrogen) atoms. The van der Waals surface area contributed by atoms with E-state index in [4.69, 9.17) is 0 Å². The molecule has 0 aliphatic rings. The van der Waals surface area contributed by atoms with Gasteiger partial charge >= 0.3 is 0 Å². The predicted octanol–water partition coefficient (Wildman–Crippen LogP) is 3.70. The molecular formula is C10H17I. The van der Waals surface area contributed by atoms with Crippen LogP contribution in [0.4, 0.5) is 0 Å². The molecule has 0 atom stereocenters. The Balaban J connectivity index is 3.96. The zero-order chi connectivity index (χ0) is 8.85. The Kier molecular flexibility index (Phi) is 6.03. The van der Waals surface area contributed by atoms with Crippen molar-refractivity contribution in [3.05, 3.63) is 0 Å². The van der Waals surface area contributed by atoms with Crippen LogP contribution in [0.1, 0.15) is 34.1 Å². The van der Waals surface area contributed by atoms with Gasteiger partial charge in [0.2, 0.25) is 0 Å². The van der Waals surface area contributed by atoms with E-state index < -0.39 is 0 Å². The van der Waals surface area contributed by atoms with Gasteiger partial charge in [-0.15, -0.1) is 0 Å². The summed E-state index contributed by atoms with van der Waals surface area (Å²) in [7, 11) is 0. The van der Waals surface area contributed by atoms with E-state index in [9.17, 15) is 0 Å². The van der Waals surface area contributed by atoms with E-state index in [1.807, 2.05) is 0 Å². The molecule has 0 saturated heterocycles. The highest BCUT2D eigenvalue weighted by molar-refractivity contribution is 14.1. The molecular weight excluding hydrogens is 247 g/mol. The first-order valence-electron chi connectivity index (χ1n) is 4.18. The van der Waals surface area contributed by atoms with Crippen molar-refractivity contribution in [3.63, 3.8) is 0 Å². The Morgan fingerprint density at radius 2 is 1.55 bits per heavy atom. The van der Waals surface area contributed by atoms with Gasteiger partial charge < -0.3 is 0 Å². The summed E-state index contributed by atoms with van der Waals surface area (Å²) in [6.07, 6.45) is 1.05. The van der Waals surface area contributed by atoms with Gasteiger partial charge in [-0.25, -0.2) is 0 Å². The van der Waals surface area contributed by atoms with Crippen molar-refractivity contribution >= 4 is 22.6 Å². The minimum Gasteiger partial charge on any atom is -0.0916 e. The summed E-state index contributed by atoms with van der Waals surface area (Å²) < 4.78 is 2.93. The third kappa shape index (κ3) is 4.68. The molecule has 0 saturated carbocycles. The molecule has 0 rings (SSSR count). The van der Waals surface area contributed by atoms with E-state index in [2.05, 4.69) is 60.1 Å². The topological polar surface area (TPSA) is 0 Å². The molecule has 0 spiro atoms. The van der Waals surface area contributed by atoms with Crippen LogP contribution in [0, 0.1) is 27.6 Å². The summed E-state index contributed by atoms with van der Waals surface area (Å²) in [5, 5.41) is 0. The maximum Gasteiger partial charge on any atom is 0.0181 e. The van der Waals surface area contributed by atoms with Crippen LogP contribution >= 0.6 is 22.6 Å². The van der Waals surface area contributed by atoms with Crippen LogP contribution in [0.3, 0.4) is 0 Å². The summed E-state index contributed by atoms with van der Waals surface area (Å²) in [5.74, 6) is 5.42. The zero-order valence-electron chi connectivity index (χ0n) is 7.82. The first kappa shape index (κ1) is 11.3. The summed E-state index contributed by atoms with van der Waals surface area (Å²) in [6.45, 7) is 9.11. The first-order valence-corrected chi connectivity index (χ1v) is 5.26. The molecule has 0 bridgehead atoms. The van der Waals surface area contributed by atoms with Crippen molar-refractivity contribution < 1.29 is 0 Å². The minimum absolute atomic E-state index is 0.757. The average molecular weight is 264 g/mol. The van der Waals surface area contributed by atoms with Crippen molar-refractivity contribution in [2.45, 2.75) is 34.1 Å². The van der Waals surface area contributed by atoms with Crippen LogP contribution in [-0.4, -0.2) is 0 Å². The van der Waals surface area contributed by atoms with Crippen LogP contribution in [0.2, 0.25) is 0 Å². The number of halogens is 1. The Labute approximate surface area is 84.3 Å². The third-order valence-electron chi connectivity index (χ3n) is 2.12. The Bertz CT molecular complexity index is 140. The minimum atomic E-state index is 0.757. The van der Waals surface area contributed by atoms with Crippen molar-refractivity contribution in [3.8, 4) is 9.85 Å². The lowest BCUT2D eigenvalue weighted by Crippen LogP contribution is -2.14. The molecule has 1 heteroatoms. The molecule has 0 aromatic carbocycles. The number of hydrogen-bond donors (Lipinski definition) is 0. The van der Waals surface area contributed by atoms with Gasteiger partial charge in [-0.05, 0) is 21.7 Å². The molecule has 0 radical (unpaired) electrons. The fraction of sp³-hybridized carbons (Fsp3) is 0.800. The van der Waals surface area contributed by atoms with Crippen molar-refractivity contribution in [1.82, 2.24) is 0 Å². The van der Waals surface area contributed by atoms with Gasteiger partial charge in [0.25, 0.3) is 0 Å². The molecule has 0 aromatic rings. The van der Waals surface area contributed by atoms with Crippen molar-refractivity contribution in [2.75, 3.05) is 0 Å². The standard InChI is InChI=1S/C10H17I/c1-8(2)10(9(3)4)6-5-7-11/h8-10H,6H2,1-4H3. The van der Waals surface area contributed by atoms with Gasteiger partial charge in [0.05, 0.1) is 0 Å². The second kappa shape index (κ2) is 5.88. The maximum absolute atomic E-state index is 3.15. The highest BCUT2D eigenvalue weighted by Crippen LogP contribution is 2.23.